The number of carbonyl (C=O) groups is 1. The molecule has 2 heterocycles. The van der Waals surface area contributed by atoms with Crippen molar-refractivity contribution in [2.45, 2.75) is 23.5 Å². The van der Waals surface area contributed by atoms with Crippen LogP contribution in [0.5, 0.6) is 5.75 Å². The maximum Gasteiger partial charge on any atom is 0.424 e. The van der Waals surface area contributed by atoms with Gasteiger partial charge in [-0.05, 0) is 48.5 Å². The minimum absolute atomic E-state index is 0.146. The molecule has 1 aromatic heterocycles. The van der Waals surface area contributed by atoms with E-state index in [-0.39, 0.29) is 18.1 Å². The van der Waals surface area contributed by atoms with Gasteiger partial charge >= 0.3 is 12.2 Å². The SMILES string of the molecule is C=CCOc1ccc(C2(O)NC(=O)NC(c3ccc(-c4ccc(Cl)cc4)o3)C2(O)C(F)(F)F)cc1. The maximum absolute atomic E-state index is 14.5. The monoisotopic (exact) mass is 508 g/mol. The Morgan fingerprint density at radius 3 is 2.34 bits per heavy atom. The van der Waals surface area contributed by atoms with E-state index in [0.717, 1.165) is 12.1 Å². The lowest BCUT2D eigenvalue weighted by Gasteiger charge is -2.51. The molecule has 2 aromatic carbocycles. The first-order valence-corrected chi connectivity index (χ1v) is 10.7. The third kappa shape index (κ3) is 4.24. The fourth-order valence-corrected chi connectivity index (χ4v) is 4.03. The van der Waals surface area contributed by atoms with Crippen molar-refractivity contribution in [3.05, 3.63) is 89.7 Å². The van der Waals surface area contributed by atoms with Crippen LogP contribution >= 0.6 is 11.6 Å². The van der Waals surface area contributed by atoms with Gasteiger partial charge in [0.15, 0.2) is 0 Å². The van der Waals surface area contributed by atoms with E-state index in [1.807, 2.05) is 10.6 Å². The number of alkyl halides is 3. The summed E-state index contributed by atoms with van der Waals surface area (Å²) in [6.07, 6.45) is -3.96. The van der Waals surface area contributed by atoms with Gasteiger partial charge in [-0.2, -0.15) is 13.2 Å². The molecule has 0 bridgehead atoms. The van der Waals surface area contributed by atoms with Gasteiger partial charge in [0.2, 0.25) is 11.3 Å². The summed E-state index contributed by atoms with van der Waals surface area (Å²) in [6, 6.07) is 10.3. The largest absolute Gasteiger partial charge is 0.490 e. The molecule has 0 spiro atoms. The van der Waals surface area contributed by atoms with E-state index in [4.69, 9.17) is 20.8 Å². The maximum atomic E-state index is 14.5. The van der Waals surface area contributed by atoms with Crippen LogP contribution in [0.1, 0.15) is 17.4 Å². The summed E-state index contributed by atoms with van der Waals surface area (Å²) in [4.78, 5) is 12.4. The Bertz CT molecular complexity index is 1230. The third-order valence-corrected chi connectivity index (χ3v) is 5.90. The highest BCUT2D eigenvalue weighted by molar-refractivity contribution is 6.30. The van der Waals surface area contributed by atoms with Crippen molar-refractivity contribution >= 4 is 17.6 Å². The molecular formula is C24H20ClF3N2O5. The molecule has 4 N–H and O–H groups in total. The molecule has 1 fully saturated rings. The summed E-state index contributed by atoms with van der Waals surface area (Å²) in [6.45, 7) is 3.65. The number of aliphatic hydroxyl groups is 2. The summed E-state index contributed by atoms with van der Waals surface area (Å²) < 4.78 is 54.4. The van der Waals surface area contributed by atoms with Crippen LogP contribution in [0.15, 0.2) is 77.7 Å². The zero-order valence-electron chi connectivity index (χ0n) is 18.0. The molecule has 11 heteroatoms. The molecule has 3 atom stereocenters. The fraction of sp³-hybridized carbons (Fsp3) is 0.208. The highest BCUT2D eigenvalue weighted by atomic mass is 35.5. The lowest BCUT2D eigenvalue weighted by atomic mass is 9.75. The van der Waals surface area contributed by atoms with Gasteiger partial charge in [0, 0.05) is 16.1 Å². The fourth-order valence-electron chi connectivity index (χ4n) is 3.90. The van der Waals surface area contributed by atoms with E-state index < -0.39 is 40.9 Å². The number of benzene rings is 2. The summed E-state index contributed by atoms with van der Waals surface area (Å²) >= 11 is 5.87. The number of amides is 2. The number of rotatable bonds is 6. The van der Waals surface area contributed by atoms with E-state index in [0.29, 0.717) is 10.6 Å². The molecule has 184 valence electrons. The lowest BCUT2D eigenvalue weighted by molar-refractivity contribution is -0.344. The molecule has 3 aromatic rings. The normalized spacial score (nSPS) is 24.4. The predicted molar refractivity (Wildman–Crippen MR) is 121 cm³/mol. The number of furan rings is 1. The molecule has 4 rings (SSSR count). The van der Waals surface area contributed by atoms with Crippen molar-refractivity contribution in [2.24, 2.45) is 0 Å². The zero-order chi connectivity index (χ0) is 25.4. The topological polar surface area (TPSA) is 104 Å². The third-order valence-electron chi connectivity index (χ3n) is 5.65. The molecule has 2 amide bonds. The number of hydrogen-bond donors (Lipinski definition) is 4. The van der Waals surface area contributed by atoms with E-state index in [1.165, 1.54) is 30.3 Å². The van der Waals surface area contributed by atoms with Crippen LogP contribution in [0.2, 0.25) is 5.02 Å². The quantitative estimate of drug-likeness (QED) is 0.363. The molecule has 0 aliphatic carbocycles. The second-order valence-electron chi connectivity index (χ2n) is 7.84. The Balaban J connectivity index is 1.79. The van der Waals surface area contributed by atoms with Crippen LogP contribution in [0.4, 0.5) is 18.0 Å². The number of urea groups is 1. The van der Waals surface area contributed by atoms with Crippen LogP contribution < -0.4 is 15.4 Å². The molecule has 7 nitrogen and oxygen atoms in total. The first-order chi connectivity index (χ1) is 16.5. The number of ether oxygens (including phenoxy) is 1. The van der Waals surface area contributed by atoms with E-state index in [1.54, 1.807) is 24.3 Å². The van der Waals surface area contributed by atoms with E-state index >= 15 is 0 Å². The minimum atomic E-state index is -5.43. The van der Waals surface area contributed by atoms with Gasteiger partial charge in [-0.15, -0.1) is 0 Å². The molecular weight excluding hydrogens is 489 g/mol. The zero-order valence-corrected chi connectivity index (χ0v) is 18.7. The highest BCUT2D eigenvalue weighted by Gasteiger charge is 2.74. The summed E-state index contributed by atoms with van der Waals surface area (Å²) in [7, 11) is 0. The minimum Gasteiger partial charge on any atom is -0.490 e. The van der Waals surface area contributed by atoms with Crippen LogP contribution in [-0.2, 0) is 5.72 Å². The van der Waals surface area contributed by atoms with Crippen molar-refractivity contribution in [1.82, 2.24) is 10.6 Å². The predicted octanol–water partition coefficient (Wildman–Crippen LogP) is 4.66. The molecule has 1 aliphatic rings. The Morgan fingerprint density at radius 2 is 1.74 bits per heavy atom. The summed E-state index contributed by atoms with van der Waals surface area (Å²) in [5.74, 6) is 0.0264. The van der Waals surface area contributed by atoms with Crippen molar-refractivity contribution in [1.29, 1.82) is 0 Å². The van der Waals surface area contributed by atoms with E-state index in [2.05, 4.69) is 6.58 Å². The molecule has 35 heavy (non-hydrogen) atoms. The van der Waals surface area contributed by atoms with Crippen LogP contribution in [0, 0.1) is 0 Å². The smallest absolute Gasteiger partial charge is 0.424 e. The molecule has 1 saturated heterocycles. The van der Waals surface area contributed by atoms with Gasteiger partial charge in [-0.3, -0.25) is 0 Å². The van der Waals surface area contributed by atoms with Gasteiger partial charge in [-0.1, -0.05) is 36.4 Å². The second-order valence-corrected chi connectivity index (χ2v) is 8.28. The number of halogens is 4. The Labute approximate surface area is 202 Å². The second kappa shape index (κ2) is 8.95. The molecule has 1 aliphatic heterocycles. The standard InChI is InChI=1S/C24H20ClF3N2O5/c1-2-13-34-17-9-5-15(6-10-17)23(33)22(32,24(26,27)28)20(29-21(31)30-23)19-12-11-18(35-19)14-3-7-16(25)8-4-14/h2-12,20,32-33H,1,13H2,(H2,29,30,31). The average molecular weight is 509 g/mol. The van der Waals surface area contributed by atoms with Crippen LogP contribution in [0.25, 0.3) is 11.3 Å². The first-order valence-electron chi connectivity index (χ1n) is 10.3. The molecule has 0 saturated carbocycles. The molecule has 0 radical (unpaired) electrons. The highest BCUT2D eigenvalue weighted by Crippen LogP contribution is 2.52. The molecule has 3 unspecified atom stereocenters. The van der Waals surface area contributed by atoms with Gasteiger partial charge in [-0.25, -0.2) is 4.79 Å². The van der Waals surface area contributed by atoms with Crippen molar-refractivity contribution in [2.75, 3.05) is 6.61 Å². The Kier molecular flexibility index (Phi) is 6.31. The summed E-state index contributed by atoms with van der Waals surface area (Å²) in [5.41, 5.74) is -7.14. The van der Waals surface area contributed by atoms with Gasteiger partial charge in [0.25, 0.3) is 0 Å². The van der Waals surface area contributed by atoms with Crippen molar-refractivity contribution in [3.8, 4) is 17.1 Å². The average Bonchev–Trinajstić information content (AvgIpc) is 3.30. The van der Waals surface area contributed by atoms with Gasteiger partial charge in [0.05, 0.1) is 0 Å². The van der Waals surface area contributed by atoms with Gasteiger partial charge in [0.1, 0.15) is 29.9 Å². The Morgan fingerprint density at radius 1 is 1.09 bits per heavy atom. The van der Waals surface area contributed by atoms with Crippen molar-refractivity contribution < 1.29 is 37.3 Å². The van der Waals surface area contributed by atoms with Gasteiger partial charge < -0.3 is 30.0 Å². The Hall–Kier alpha value is -3.47. The van der Waals surface area contributed by atoms with Crippen molar-refractivity contribution in [3.63, 3.8) is 0 Å². The number of carbonyl (C=O) groups excluding carboxylic acids is 1. The number of nitrogens with one attached hydrogen (secondary N) is 2. The first kappa shape index (κ1) is 24.6. The number of hydrogen-bond acceptors (Lipinski definition) is 5. The van der Waals surface area contributed by atoms with Crippen LogP contribution in [0.3, 0.4) is 0 Å². The summed E-state index contributed by atoms with van der Waals surface area (Å²) in [5, 5.41) is 26.7. The van der Waals surface area contributed by atoms with E-state index in [9.17, 15) is 28.2 Å². The van der Waals surface area contributed by atoms with Crippen LogP contribution in [-0.4, -0.2) is 34.6 Å². The lowest BCUT2D eigenvalue weighted by Crippen LogP contribution is -2.77.